The van der Waals surface area contributed by atoms with Crippen molar-refractivity contribution in [2.45, 2.75) is 41.0 Å². The Bertz CT molecular complexity index is 548. The van der Waals surface area contributed by atoms with E-state index in [4.69, 9.17) is 0 Å². The predicted molar refractivity (Wildman–Crippen MR) is 72.3 cm³/mol. The number of hydrogen-bond acceptors (Lipinski definition) is 0. The van der Waals surface area contributed by atoms with Crippen molar-refractivity contribution in [3.8, 4) is 0 Å². The standard InChI is InChI=1S/C16H20/c1-6-14-11(3)12(4)15-8-7-10(2)9-16(15)13(14)5/h7-9H,6H2,1-5H3. The Morgan fingerprint density at radius 1 is 0.812 bits per heavy atom. The van der Waals surface area contributed by atoms with Crippen LogP contribution in [-0.4, -0.2) is 0 Å². The zero-order valence-electron chi connectivity index (χ0n) is 10.9. The second-order valence-corrected chi connectivity index (χ2v) is 4.76. The van der Waals surface area contributed by atoms with Crippen LogP contribution >= 0.6 is 0 Å². The molecule has 0 N–H and O–H groups in total. The summed E-state index contributed by atoms with van der Waals surface area (Å²) >= 11 is 0. The maximum Gasteiger partial charge on any atom is -0.0146 e. The lowest BCUT2D eigenvalue weighted by molar-refractivity contribution is 1.08. The fraction of sp³-hybridized carbons (Fsp3) is 0.375. The molecule has 0 radical (unpaired) electrons. The molecule has 0 aromatic heterocycles. The highest BCUT2D eigenvalue weighted by Gasteiger charge is 2.10. The maximum absolute atomic E-state index is 2.32. The van der Waals surface area contributed by atoms with Crippen LogP contribution in [0, 0.1) is 27.7 Å². The topological polar surface area (TPSA) is 0 Å². The Kier molecular flexibility index (Phi) is 2.75. The normalized spacial score (nSPS) is 11.1. The lowest BCUT2D eigenvalue weighted by Gasteiger charge is -2.16. The molecule has 0 atom stereocenters. The predicted octanol–water partition coefficient (Wildman–Crippen LogP) is 4.64. The molecule has 0 aliphatic carbocycles. The molecule has 0 amide bonds. The number of benzene rings is 2. The summed E-state index contributed by atoms with van der Waals surface area (Å²) < 4.78 is 0. The Balaban J connectivity index is 2.96. The van der Waals surface area contributed by atoms with Gasteiger partial charge in [-0.2, -0.15) is 0 Å². The molecule has 0 aliphatic rings. The first-order valence-corrected chi connectivity index (χ1v) is 6.05. The highest BCUT2D eigenvalue weighted by molar-refractivity contribution is 5.91. The quantitative estimate of drug-likeness (QED) is 0.646. The number of aryl methyl sites for hydroxylation is 3. The second-order valence-electron chi connectivity index (χ2n) is 4.76. The van der Waals surface area contributed by atoms with E-state index in [1.54, 1.807) is 0 Å². The molecule has 0 heteroatoms. The maximum atomic E-state index is 2.32. The van der Waals surface area contributed by atoms with Gasteiger partial charge in [-0.25, -0.2) is 0 Å². The Morgan fingerprint density at radius 2 is 1.50 bits per heavy atom. The van der Waals surface area contributed by atoms with Crippen LogP contribution in [0.15, 0.2) is 18.2 Å². The molecule has 84 valence electrons. The van der Waals surface area contributed by atoms with E-state index < -0.39 is 0 Å². The van der Waals surface area contributed by atoms with Gasteiger partial charge < -0.3 is 0 Å². The minimum absolute atomic E-state index is 1.13. The average molecular weight is 212 g/mol. The van der Waals surface area contributed by atoms with E-state index in [0.29, 0.717) is 0 Å². The van der Waals surface area contributed by atoms with Crippen molar-refractivity contribution in [2.24, 2.45) is 0 Å². The van der Waals surface area contributed by atoms with Crippen LogP contribution in [0.4, 0.5) is 0 Å². The monoisotopic (exact) mass is 212 g/mol. The molecule has 0 unspecified atom stereocenters. The molecule has 16 heavy (non-hydrogen) atoms. The highest BCUT2D eigenvalue weighted by atomic mass is 14.1. The van der Waals surface area contributed by atoms with E-state index in [2.05, 4.69) is 52.8 Å². The zero-order chi connectivity index (χ0) is 11.9. The van der Waals surface area contributed by atoms with Crippen molar-refractivity contribution in [3.05, 3.63) is 46.0 Å². The highest BCUT2D eigenvalue weighted by Crippen LogP contribution is 2.30. The van der Waals surface area contributed by atoms with Gasteiger partial charge in [0.2, 0.25) is 0 Å². The summed E-state index contributed by atoms with van der Waals surface area (Å²) in [6.07, 6.45) is 1.13. The third-order valence-corrected chi connectivity index (χ3v) is 3.80. The van der Waals surface area contributed by atoms with Crippen molar-refractivity contribution in [2.75, 3.05) is 0 Å². The van der Waals surface area contributed by atoms with Crippen LogP contribution in [0.2, 0.25) is 0 Å². The minimum Gasteiger partial charge on any atom is -0.0613 e. The molecular weight excluding hydrogens is 192 g/mol. The third-order valence-electron chi connectivity index (χ3n) is 3.80. The van der Waals surface area contributed by atoms with E-state index in [-0.39, 0.29) is 0 Å². The lowest BCUT2D eigenvalue weighted by atomic mass is 9.89. The molecule has 2 aromatic rings. The van der Waals surface area contributed by atoms with Crippen LogP contribution < -0.4 is 0 Å². The Hall–Kier alpha value is -1.30. The molecule has 0 spiro atoms. The van der Waals surface area contributed by atoms with E-state index in [0.717, 1.165) is 6.42 Å². The van der Waals surface area contributed by atoms with Crippen molar-refractivity contribution >= 4 is 10.8 Å². The molecular formula is C16H20. The summed E-state index contributed by atoms with van der Waals surface area (Å²) in [5.74, 6) is 0. The van der Waals surface area contributed by atoms with E-state index in [1.165, 1.54) is 38.6 Å². The largest absolute Gasteiger partial charge is 0.0613 e. The van der Waals surface area contributed by atoms with Crippen LogP contribution in [0.25, 0.3) is 10.8 Å². The van der Waals surface area contributed by atoms with Gasteiger partial charge in [0.05, 0.1) is 0 Å². The van der Waals surface area contributed by atoms with Crippen LogP contribution in [0.1, 0.15) is 34.7 Å². The van der Waals surface area contributed by atoms with Gasteiger partial charge in [0, 0.05) is 0 Å². The SMILES string of the molecule is CCc1c(C)c(C)c2ccc(C)cc2c1C. The van der Waals surface area contributed by atoms with Gasteiger partial charge in [0.15, 0.2) is 0 Å². The van der Waals surface area contributed by atoms with E-state index in [9.17, 15) is 0 Å². The molecule has 0 bridgehead atoms. The molecule has 2 aromatic carbocycles. The molecule has 0 saturated carbocycles. The summed E-state index contributed by atoms with van der Waals surface area (Å²) in [5.41, 5.74) is 7.25. The third kappa shape index (κ3) is 1.53. The van der Waals surface area contributed by atoms with Gasteiger partial charge in [0.25, 0.3) is 0 Å². The first-order valence-electron chi connectivity index (χ1n) is 6.05. The molecule has 2 rings (SSSR count). The molecule has 0 nitrogen and oxygen atoms in total. The van der Waals surface area contributed by atoms with Crippen molar-refractivity contribution in [1.82, 2.24) is 0 Å². The van der Waals surface area contributed by atoms with Gasteiger partial charge in [-0.3, -0.25) is 0 Å². The average Bonchev–Trinajstić information content (AvgIpc) is 2.27. The summed E-state index contributed by atoms with van der Waals surface area (Å²) in [6.45, 7) is 11.2. The fourth-order valence-electron chi connectivity index (χ4n) is 2.70. The Morgan fingerprint density at radius 3 is 2.12 bits per heavy atom. The van der Waals surface area contributed by atoms with Crippen LogP contribution in [-0.2, 0) is 6.42 Å². The summed E-state index contributed by atoms with van der Waals surface area (Å²) in [4.78, 5) is 0. The summed E-state index contributed by atoms with van der Waals surface area (Å²) in [7, 11) is 0. The van der Waals surface area contributed by atoms with Crippen LogP contribution in [0.3, 0.4) is 0 Å². The van der Waals surface area contributed by atoms with Gasteiger partial charge >= 0.3 is 0 Å². The first kappa shape index (κ1) is 11.2. The van der Waals surface area contributed by atoms with E-state index in [1.807, 2.05) is 0 Å². The fourth-order valence-corrected chi connectivity index (χ4v) is 2.70. The van der Waals surface area contributed by atoms with Gasteiger partial charge in [-0.1, -0.05) is 30.7 Å². The number of fused-ring (bicyclic) bond motifs is 1. The zero-order valence-corrected chi connectivity index (χ0v) is 10.9. The smallest absolute Gasteiger partial charge is 0.0146 e. The molecule has 0 fully saturated rings. The van der Waals surface area contributed by atoms with Crippen LogP contribution in [0.5, 0.6) is 0 Å². The number of hydrogen-bond donors (Lipinski definition) is 0. The van der Waals surface area contributed by atoms with E-state index >= 15 is 0 Å². The molecule has 0 aliphatic heterocycles. The van der Waals surface area contributed by atoms with Gasteiger partial charge in [-0.15, -0.1) is 0 Å². The summed E-state index contributed by atoms with van der Waals surface area (Å²) in [6, 6.07) is 6.79. The second kappa shape index (κ2) is 3.93. The van der Waals surface area contributed by atoms with Crippen molar-refractivity contribution < 1.29 is 0 Å². The number of rotatable bonds is 1. The van der Waals surface area contributed by atoms with Crippen molar-refractivity contribution in [3.63, 3.8) is 0 Å². The van der Waals surface area contributed by atoms with Gasteiger partial charge in [0.1, 0.15) is 0 Å². The van der Waals surface area contributed by atoms with Gasteiger partial charge in [-0.05, 0) is 67.1 Å². The summed E-state index contributed by atoms with van der Waals surface area (Å²) in [5, 5.41) is 2.85. The Labute approximate surface area is 98.3 Å². The first-order chi connectivity index (χ1) is 7.56. The molecule has 0 heterocycles. The molecule has 0 saturated heterocycles. The lowest BCUT2D eigenvalue weighted by Crippen LogP contribution is -1.97. The minimum atomic E-state index is 1.13. The van der Waals surface area contributed by atoms with Crippen molar-refractivity contribution in [1.29, 1.82) is 0 Å².